The van der Waals surface area contributed by atoms with Crippen LogP contribution in [0.1, 0.15) is 29.7 Å². The molecular weight excluding hydrogens is 198 g/mol. The average Bonchev–Trinajstić information content (AvgIpc) is 2.50. The first-order chi connectivity index (χ1) is 6.63. The monoisotopic (exact) mass is 213 g/mol. The summed E-state index contributed by atoms with van der Waals surface area (Å²) in [4.78, 5) is 16.1. The molecule has 14 heavy (non-hydrogen) atoms. The van der Waals surface area contributed by atoms with Crippen LogP contribution in [-0.2, 0) is 11.2 Å². The average molecular weight is 213 g/mol. The van der Waals surface area contributed by atoms with Gasteiger partial charge in [0.25, 0.3) is 0 Å². The van der Waals surface area contributed by atoms with Gasteiger partial charge >= 0.3 is 5.97 Å². The van der Waals surface area contributed by atoms with Gasteiger partial charge in [-0.15, -0.1) is 11.3 Å². The highest BCUT2D eigenvalue weighted by molar-refractivity contribution is 7.11. The summed E-state index contributed by atoms with van der Waals surface area (Å²) in [5, 5.41) is 9.96. The third-order valence-corrected chi connectivity index (χ3v) is 3.04. The summed E-state index contributed by atoms with van der Waals surface area (Å²) >= 11 is 1.58. The molecular formula is C10H15NO2S. The number of nitrogens with zero attached hydrogens (tertiary/aromatic N) is 1. The molecule has 0 amide bonds. The second kappa shape index (κ2) is 5.10. The van der Waals surface area contributed by atoms with Crippen molar-refractivity contribution in [2.45, 2.75) is 33.1 Å². The summed E-state index contributed by atoms with van der Waals surface area (Å²) in [7, 11) is 0. The molecule has 0 saturated carbocycles. The van der Waals surface area contributed by atoms with Gasteiger partial charge in [-0.2, -0.15) is 0 Å². The fourth-order valence-electron chi connectivity index (χ4n) is 1.40. The van der Waals surface area contributed by atoms with Crippen molar-refractivity contribution in [1.82, 2.24) is 4.98 Å². The Hall–Kier alpha value is -0.900. The maximum absolute atomic E-state index is 10.9. The predicted octanol–water partition coefficient (Wildman–Crippen LogP) is 2.49. The molecule has 1 N–H and O–H groups in total. The zero-order chi connectivity index (χ0) is 10.6. The Bertz CT molecular complexity index is 309. The van der Waals surface area contributed by atoms with Crippen LogP contribution in [0.3, 0.4) is 0 Å². The molecule has 1 unspecified atom stereocenters. The lowest BCUT2D eigenvalue weighted by molar-refractivity contribution is -0.141. The van der Waals surface area contributed by atoms with Crippen LogP contribution in [-0.4, -0.2) is 16.1 Å². The van der Waals surface area contributed by atoms with Crippen LogP contribution in [0.25, 0.3) is 0 Å². The van der Waals surface area contributed by atoms with Gasteiger partial charge in [0.15, 0.2) is 0 Å². The van der Waals surface area contributed by atoms with E-state index in [2.05, 4.69) is 4.98 Å². The zero-order valence-corrected chi connectivity index (χ0v) is 9.30. The third-order valence-electron chi connectivity index (χ3n) is 2.10. The molecule has 4 heteroatoms. The van der Waals surface area contributed by atoms with E-state index >= 15 is 0 Å². The molecule has 0 radical (unpaired) electrons. The molecule has 1 atom stereocenters. The molecule has 78 valence electrons. The second-order valence-electron chi connectivity index (χ2n) is 3.37. The van der Waals surface area contributed by atoms with Gasteiger partial charge in [-0.25, -0.2) is 4.98 Å². The van der Waals surface area contributed by atoms with Crippen molar-refractivity contribution >= 4 is 17.3 Å². The number of carboxylic acids is 1. The van der Waals surface area contributed by atoms with Gasteiger partial charge in [-0.1, -0.05) is 13.3 Å². The first-order valence-electron chi connectivity index (χ1n) is 4.77. The van der Waals surface area contributed by atoms with E-state index in [1.807, 2.05) is 13.8 Å². The number of hydrogen-bond acceptors (Lipinski definition) is 3. The Labute approximate surface area is 87.8 Å². The molecule has 0 saturated heterocycles. The van der Waals surface area contributed by atoms with Crippen LogP contribution in [0.5, 0.6) is 0 Å². The SMILES string of the molecule is CCCC(Cc1cnc(C)s1)C(=O)O. The van der Waals surface area contributed by atoms with E-state index in [0.29, 0.717) is 6.42 Å². The molecule has 0 fully saturated rings. The molecule has 0 aliphatic heterocycles. The zero-order valence-electron chi connectivity index (χ0n) is 8.49. The summed E-state index contributed by atoms with van der Waals surface area (Å²) < 4.78 is 0. The Morgan fingerprint density at radius 1 is 1.71 bits per heavy atom. The molecule has 0 aromatic carbocycles. The quantitative estimate of drug-likeness (QED) is 0.817. The number of carbonyl (C=O) groups is 1. The minimum absolute atomic E-state index is 0.250. The Morgan fingerprint density at radius 2 is 2.43 bits per heavy atom. The predicted molar refractivity (Wildman–Crippen MR) is 56.6 cm³/mol. The van der Waals surface area contributed by atoms with Gasteiger partial charge < -0.3 is 5.11 Å². The molecule has 0 bridgehead atoms. The minimum atomic E-state index is -0.696. The first-order valence-corrected chi connectivity index (χ1v) is 5.59. The fraction of sp³-hybridized carbons (Fsp3) is 0.600. The number of thiazole rings is 1. The van der Waals surface area contributed by atoms with Crippen molar-refractivity contribution in [3.8, 4) is 0 Å². The molecule has 1 heterocycles. The number of rotatable bonds is 5. The standard InChI is InChI=1S/C10H15NO2S/c1-3-4-8(10(12)13)5-9-6-11-7(2)14-9/h6,8H,3-5H2,1-2H3,(H,12,13). The van der Waals surface area contributed by atoms with Gasteiger partial charge in [0.05, 0.1) is 10.9 Å². The van der Waals surface area contributed by atoms with Crippen molar-refractivity contribution in [1.29, 1.82) is 0 Å². The highest BCUT2D eigenvalue weighted by Crippen LogP contribution is 2.19. The van der Waals surface area contributed by atoms with E-state index in [1.165, 1.54) is 0 Å². The van der Waals surface area contributed by atoms with Crippen molar-refractivity contribution in [2.75, 3.05) is 0 Å². The highest BCUT2D eigenvalue weighted by Gasteiger charge is 2.17. The van der Waals surface area contributed by atoms with E-state index in [9.17, 15) is 4.79 Å². The van der Waals surface area contributed by atoms with Crippen LogP contribution in [0.15, 0.2) is 6.20 Å². The summed E-state index contributed by atoms with van der Waals surface area (Å²) in [5.74, 6) is -0.947. The Kier molecular flexibility index (Phi) is 4.07. The van der Waals surface area contributed by atoms with E-state index in [1.54, 1.807) is 17.5 Å². The van der Waals surface area contributed by atoms with Gasteiger partial charge in [0.2, 0.25) is 0 Å². The summed E-state index contributed by atoms with van der Waals surface area (Å²) in [6, 6.07) is 0. The Morgan fingerprint density at radius 3 is 2.86 bits per heavy atom. The van der Waals surface area contributed by atoms with Crippen molar-refractivity contribution in [3.63, 3.8) is 0 Å². The summed E-state index contributed by atoms with van der Waals surface area (Å²) in [6.45, 7) is 3.94. The lowest BCUT2D eigenvalue weighted by atomic mass is 10.00. The first kappa shape index (κ1) is 11.2. The number of aromatic nitrogens is 1. The minimum Gasteiger partial charge on any atom is -0.481 e. The second-order valence-corrected chi connectivity index (χ2v) is 4.69. The molecule has 1 aromatic rings. The molecule has 0 spiro atoms. The third kappa shape index (κ3) is 3.10. The van der Waals surface area contributed by atoms with Crippen molar-refractivity contribution in [3.05, 3.63) is 16.1 Å². The van der Waals surface area contributed by atoms with Crippen LogP contribution >= 0.6 is 11.3 Å². The van der Waals surface area contributed by atoms with E-state index in [0.717, 1.165) is 22.7 Å². The van der Waals surface area contributed by atoms with Crippen LogP contribution in [0.4, 0.5) is 0 Å². The number of aliphatic carboxylic acids is 1. The topological polar surface area (TPSA) is 50.2 Å². The lowest BCUT2D eigenvalue weighted by Crippen LogP contribution is -2.15. The maximum atomic E-state index is 10.9. The molecule has 3 nitrogen and oxygen atoms in total. The van der Waals surface area contributed by atoms with Crippen LogP contribution in [0.2, 0.25) is 0 Å². The van der Waals surface area contributed by atoms with Gasteiger partial charge in [-0.05, 0) is 19.8 Å². The largest absolute Gasteiger partial charge is 0.481 e. The Balaban J connectivity index is 2.59. The smallest absolute Gasteiger partial charge is 0.306 e. The lowest BCUT2D eigenvalue weighted by Gasteiger charge is -2.08. The number of hydrogen-bond donors (Lipinski definition) is 1. The van der Waals surface area contributed by atoms with Crippen LogP contribution < -0.4 is 0 Å². The maximum Gasteiger partial charge on any atom is 0.306 e. The van der Waals surface area contributed by atoms with Gasteiger partial charge in [0, 0.05) is 11.1 Å². The highest BCUT2D eigenvalue weighted by atomic mass is 32.1. The van der Waals surface area contributed by atoms with Gasteiger partial charge in [0.1, 0.15) is 0 Å². The fourth-order valence-corrected chi connectivity index (χ4v) is 2.28. The van der Waals surface area contributed by atoms with Crippen LogP contribution in [0, 0.1) is 12.8 Å². The normalized spacial score (nSPS) is 12.7. The molecule has 1 rings (SSSR count). The van der Waals surface area contributed by atoms with Gasteiger partial charge in [-0.3, -0.25) is 4.79 Å². The molecule has 0 aliphatic rings. The number of carboxylic acid groups (broad SMARTS) is 1. The summed E-state index contributed by atoms with van der Waals surface area (Å²) in [6.07, 6.45) is 4.06. The van der Waals surface area contributed by atoms with Crippen molar-refractivity contribution in [2.24, 2.45) is 5.92 Å². The van der Waals surface area contributed by atoms with Crippen molar-refractivity contribution < 1.29 is 9.90 Å². The van der Waals surface area contributed by atoms with E-state index in [-0.39, 0.29) is 5.92 Å². The van der Waals surface area contributed by atoms with E-state index in [4.69, 9.17) is 5.11 Å². The molecule has 1 aromatic heterocycles. The van der Waals surface area contributed by atoms with E-state index < -0.39 is 5.97 Å². The number of aryl methyl sites for hydroxylation is 1. The summed E-state index contributed by atoms with van der Waals surface area (Å²) in [5.41, 5.74) is 0. The molecule has 0 aliphatic carbocycles.